The van der Waals surface area contributed by atoms with E-state index in [1.807, 2.05) is 37.3 Å². The number of aliphatic carboxylic acids is 1. The standard InChI is InChI=1S/C18H22N2O4S/c1-18-8-7-15(21)20(18)14(11-25-18)16(22)19-10-13(17(23)24)9-12-5-3-2-4-6-12/h2-6,13-14H,7-11H2,1H3,(H,19,22)(H,23,24)/t13-,14-,18+/m1/s1. The molecule has 3 rings (SSSR count). The van der Waals surface area contributed by atoms with Crippen molar-refractivity contribution in [3.05, 3.63) is 35.9 Å². The predicted octanol–water partition coefficient (Wildman–Crippen LogP) is 1.50. The van der Waals surface area contributed by atoms with E-state index in [0.29, 0.717) is 18.6 Å². The zero-order valence-electron chi connectivity index (χ0n) is 14.1. The number of hydrogen-bond donors (Lipinski definition) is 2. The van der Waals surface area contributed by atoms with Crippen molar-refractivity contribution in [1.82, 2.24) is 10.2 Å². The van der Waals surface area contributed by atoms with Crippen LogP contribution in [0.1, 0.15) is 25.3 Å². The average Bonchev–Trinajstić information content (AvgIpc) is 3.08. The first kappa shape index (κ1) is 17.8. The van der Waals surface area contributed by atoms with Crippen LogP contribution >= 0.6 is 11.8 Å². The fraction of sp³-hybridized carbons (Fsp3) is 0.500. The molecule has 6 nitrogen and oxygen atoms in total. The summed E-state index contributed by atoms with van der Waals surface area (Å²) in [4.78, 5) is 37.5. The van der Waals surface area contributed by atoms with Gasteiger partial charge in [-0.25, -0.2) is 0 Å². The van der Waals surface area contributed by atoms with Crippen molar-refractivity contribution < 1.29 is 19.5 Å². The van der Waals surface area contributed by atoms with Gasteiger partial charge in [0.05, 0.1) is 10.8 Å². The van der Waals surface area contributed by atoms with E-state index in [1.165, 1.54) is 0 Å². The lowest BCUT2D eigenvalue weighted by atomic mass is 9.99. The molecule has 1 aromatic carbocycles. The summed E-state index contributed by atoms with van der Waals surface area (Å²) in [6.45, 7) is 2.05. The predicted molar refractivity (Wildman–Crippen MR) is 95.0 cm³/mol. The number of carboxylic acid groups (broad SMARTS) is 1. The molecule has 2 amide bonds. The van der Waals surface area contributed by atoms with Crippen molar-refractivity contribution in [1.29, 1.82) is 0 Å². The first-order valence-corrected chi connectivity index (χ1v) is 9.40. The van der Waals surface area contributed by atoms with Gasteiger partial charge >= 0.3 is 5.97 Å². The minimum atomic E-state index is -0.938. The number of nitrogens with one attached hydrogen (secondary N) is 1. The van der Waals surface area contributed by atoms with E-state index in [4.69, 9.17) is 0 Å². The number of carboxylic acids is 1. The van der Waals surface area contributed by atoms with E-state index >= 15 is 0 Å². The summed E-state index contributed by atoms with van der Waals surface area (Å²) in [5, 5.41) is 12.2. The van der Waals surface area contributed by atoms with Crippen molar-refractivity contribution >= 4 is 29.5 Å². The number of benzene rings is 1. The third-order valence-electron chi connectivity index (χ3n) is 4.94. The molecule has 134 valence electrons. The number of fused-ring (bicyclic) bond motifs is 1. The van der Waals surface area contributed by atoms with Gasteiger partial charge in [0.1, 0.15) is 6.04 Å². The maximum atomic E-state index is 12.5. The van der Waals surface area contributed by atoms with Crippen LogP contribution in [0.3, 0.4) is 0 Å². The molecule has 0 bridgehead atoms. The van der Waals surface area contributed by atoms with Crippen LogP contribution in [0.15, 0.2) is 30.3 Å². The molecule has 2 aliphatic heterocycles. The summed E-state index contributed by atoms with van der Waals surface area (Å²) in [6.07, 6.45) is 1.58. The van der Waals surface area contributed by atoms with Gasteiger partial charge in [-0.2, -0.15) is 0 Å². The monoisotopic (exact) mass is 362 g/mol. The first-order valence-electron chi connectivity index (χ1n) is 8.41. The summed E-state index contributed by atoms with van der Waals surface area (Å²) in [5.74, 6) is -1.32. The lowest BCUT2D eigenvalue weighted by Crippen LogP contribution is -2.51. The second kappa shape index (κ2) is 7.07. The summed E-state index contributed by atoms with van der Waals surface area (Å²) in [7, 11) is 0. The molecule has 0 aliphatic carbocycles. The Hall–Kier alpha value is -2.02. The number of rotatable bonds is 6. The molecule has 0 aromatic heterocycles. The maximum absolute atomic E-state index is 12.5. The number of carbonyl (C=O) groups excluding carboxylic acids is 2. The van der Waals surface area contributed by atoms with Crippen molar-refractivity contribution in [3.63, 3.8) is 0 Å². The van der Waals surface area contributed by atoms with Gasteiger partial charge in [-0.3, -0.25) is 14.4 Å². The maximum Gasteiger partial charge on any atom is 0.308 e. The van der Waals surface area contributed by atoms with Crippen molar-refractivity contribution in [2.45, 2.75) is 37.1 Å². The molecule has 2 fully saturated rings. The van der Waals surface area contributed by atoms with Crippen LogP contribution in [-0.2, 0) is 20.8 Å². The van der Waals surface area contributed by atoms with Crippen LogP contribution in [0.5, 0.6) is 0 Å². The number of thioether (sulfide) groups is 1. The fourth-order valence-electron chi connectivity index (χ4n) is 3.50. The van der Waals surface area contributed by atoms with E-state index in [1.54, 1.807) is 16.7 Å². The van der Waals surface area contributed by atoms with Crippen LogP contribution in [0, 0.1) is 5.92 Å². The molecule has 3 atom stereocenters. The summed E-state index contributed by atoms with van der Waals surface area (Å²) in [6, 6.07) is 8.85. The second-order valence-corrected chi connectivity index (χ2v) is 8.24. The number of hydrogen-bond acceptors (Lipinski definition) is 4. The first-order chi connectivity index (χ1) is 11.9. The van der Waals surface area contributed by atoms with E-state index in [9.17, 15) is 19.5 Å². The molecule has 2 aliphatic rings. The van der Waals surface area contributed by atoms with Crippen molar-refractivity contribution in [2.75, 3.05) is 12.3 Å². The quantitative estimate of drug-likeness (QED) is 0.801. The molecule has 0 saturated carbocycles. The van der Waals surface area contributed by atoms with Crippen LogP contribution in [0.25, 0.3) is 0 Å². The molecule has 0 radical (unpaired) electrons. The number of amides is 2. The van der Waals surface area contributed by atoms with Crippen molar-refractivity contribution in [3.8, 4) is 0 Å². The third-order valence-corrected chi connectivity index (χ3v) is 6.45. The normalized spacial score (nSPS) is 26.4. The Bertz CT molecular complexity index is 681. The van der Waals surface area contributed by atoms with Gasteiger partial charge in [-0.05, 0) is 25.3 Å². The lowest BCUT2D eigenvalue weighted by Gasteiger charge is -2.30. The fourth-order valence-corrected chi connectivity index (χ4v) is 4.93. The molecule has 25 heavy (non-hydrogen) atoms. The Labute approximate surface area is 151 Å². The van der Waals surface area contributed by atoms with E-state index < -0.39 is 17.9 Å². The topological polar surface area (TPSA) is 86.7 Å². The van der Waals surface area contributed by atoms with Gasteiger partial charge in [0.15, 0.2) is 0 Å². The third kappa shape index (κ3) is 3.66. The Balaban J connectivity index is 1.60. The van der Waals surface area contributed by atoms with Gasteiger partial charge < -0.3 is 15.3 Å². The summed E-state index contributed by atoms with van der Waals surface area (Å²) < 4.78 is 0. The average molecular weight is 362 g/mol. The zero-order chi connectivity index (χ0) is 18.0. The molecule has 1 aromatic rings. The highest BCUT2D eigenvalue weighted by molar-refractivity contribution is 8.01. The molecular weight excluding hydrogens is 340 g/mol. The van der Waals surface area contributed by atoms with Gasteiger partial charge in [0.25, 0.3) is 0 Å². The lowest BCUT2D eigenvalue weighted by molar-refractivity contribution is -0.142. The highest BCUT2D eigenvalue weighted by Gasteiger charge is 2.52. The summed E-state index contributed by atoms with van der Waals surface area (Å²) in [5.41, 5.74) is 0.919. The van der Waals surface area contributed by atoms with Gasteiger partial charge in [0.2, 0.25) is 11.8 Å². The minimum Gasteiger partial charge on any atom is -0.481 e. The molecule has 0 spiro atoms. The van der Waals surface area contributed by atoms with E-state index in [2.05, 4.69) is 5.32 Å². The number of carbonyl (C=O) groups is 3. The zero-order valence-corrected chi connectivity index (χ0v) is 14.9. The van der Waals surface area contributed by atoms with Crippen LogP contribution < -0.4 is 5.32 Å². The molecule has 2 N–H and O–H groups in total. The van der Waals surface area contributed by atoms with Crippen LogP contribution in [0.2, 0.25) is 0 Å². The molecule has 2 heterocycles. The molecule has 7 heteroatoms. The van der Waals surface area contributed by atoms with Gasteiger partial charge in [-0.15, -0.1) is 11.8 Å². The van der Waals surface area contributed by atoms with Crippen LogP contribution in [0.4, 0.5) is 0 Å². The smallest absolute Gasteiger partial charge is 0.308 e. The number of nitrogens with zero attached hydrogens (tertiary/aromatic N) is 1. The second-order valence-electron chi connectivity index (χ2n) is 6.74. The molecule has 2 saturated heterocycles. The van der Waals surface area contributed by atoms with Gasteiger partial charge in [-0.1, -0.05) is 30.3 Å². The molecule has 0 unspecified atom stereocenters. The minimum absolute atomic E-state index is 0.00622. The largest absolute Gasteiger partial charge is 0.481 e. The van der Waals surface area contributed by atoms with Crippen LogP contribution in [-0.4, -0.2) is 51.0 Å². The van der Waals surface area contributed by atoms with E-state index in [-0.39, 0.29) is 23.2 Å². The Morgan fingerprint density at radius 2 is 2.12 bits per heavy atom. The van der Waals surface area contributed by atoms with Crippen molar-refractivity contribution in [2.24, 2.45) is 5.92 Å². The highest BCUT2D eigenvalue weighted by Crippen LogP contribution is 2.47. The summed E-state index contributed by atoms with van der Waals surface area (Å²) >= 11 is 1.63. The molecular formula is C18H22N2O4S. The van der Waals surface area contributed by atoms with E-state index in [0.717, 1.165) is 12.0 Å². The SMILES string of the molecule is C[C@]12CCC(=O)N1[C@@H](C(=O)NC[C@@H](Cc1ccccc1)C(=O)O)CS2. The highest BCUT2D eigenvalue weighted by atomic mass is 32.2. The Morgan fingerprint density at radius 1 is 1.40 bits per heavy atom. The van der Waals surface area contributed by atoms with Gasteiger partial charge in [0, 0.05) is 18.7 Å². The Morgan fingerprint density at radius 3 is 2.80 bits per heavy atom. The Kier molecular flexibility index (Phi) is 5.03.